The Labute approximate surface area is 209 Å². The van der Waals surface area contributed by atoms with Crippen LogP contribution in [-0.4, -0.2) is 32.7 Å². The van der Waals surface area contributed by atoms with E-state index in [9.17, 15) is 13.2 Å². The van der Waals surface area contributed by atoms with E-state index in [1.807, 2.05) is 37.3 Å². The summed E-state index contributed by atoms with van der Waals surface area (Å²) in [5, 5.41) is 3.41. The van der Waals surface area contributed by atoms with E-state index in [1.165, 1.54) is 18.2 Å². The zero-order valence-electron chi connectivity index (χ0n) is 19.4. The first-order valence-electron chi connectivity index (χ1n) is 10.7. The number of carbonyl (C=O) groups excluding carboxylic acids is 1. The summed E-state index contributed by atoms with van der Waals surface area (Å²) in [5.74, 6) is 0.243. The van der Waals surface area contributed by atoms with Crippen molar-refractivity contribution in [3.63, 3.8) is 0 Å². The van der Waals surface area contributed by atoms with Gasteiger partial charge in [0, 0.05) is 29.3 Å². The maximum atomic E-state index is 13.4. The molecule has 1 N–H and O–H groups in total. The van der Waals surface area contributed by atoms with Gasteiger partial charge in [0.25, 0.3) is 5.91 Å². The summed E-state index contributed by atoms with van der Waals surface area (Å²) in [6.07, 6.45) is 2.81. The van der Waals surface area contributed by atoms with Gasteiger partial charge < -0.3 is 10.1 Å². The lowest BCUT2D eigenvalue weighted by atomic mass is 9.95. The van der Waals surface area contributed by atoms with Crippen LogP contribution < -0.4 is 10.1 Å². The van der Waals surface area contributed by atoms with Crippen LogP contribution in [0.25, 0.3) is 22.4 Å². The van der Waals surface area contributed by atoms with E-state index in [-0.39, 0.29) is 4.90 Å². The predicted molar refractivity (Wildman–Crippen MR) is 139 cm³/mol. The van der Waals surface area contributed by atoms with Gasteiger partial charge in [0.2, 0.25) is 0 Å². The summed E-state index contributed by atoms with van der Waals surface area (Å²) in [6.45, 7) is 1.86. The molecule has 0 unspecified atom stereocenters. The summed E-state index contributed by atoms with van der Waals surface area (Å²) >= 11 is 6.37. The molecule has 0 aliphatic heterocycles. The Morgan fingerprint density at radius 1 is 0.943 bits per heavy atom. The maximum Gasteiger partial charge on any atom is 0.256 e. The first-order valence-corrected chi connectivity index (χ1v) is 13.0. The van der Waals surface area contributed by atoms with Gasteiger partial charge in [-0.3, -0.25) is 9.78 Å². The molecule has 1 amide bonds. The van der Waals surface area contributed by atoms with Crippen LogP contribution in [0.5, 0.6) is 5.75 Å². The molecule has 6 nitrogen and oxygen atoms in total. The number of rotatable bonds is 6. The molecular formula is C27H23ClN2O4S. The van der Waals surface area contributed by atoms with Crippen LogP contribution in [-0.2, 0) is 9.84 Å². The lowest BCUT2D eigenvalue weighted by Crippen LogP contribution is -2.14. The largest absolute Gasteiger partial charge is 0.496 e. The Morgan fingerprint density at radius 2 is 1.74 bits per heavy atom. The summed E-state index contributed by atoms with van der Waals surface area (Å²) < 4.78 is 29.9. The van der Waals surface area contributed by atoms with Crippen LogP contribution in [0.2, 0.25) is 5.02 Å². The zero-order chi connectivity index (χ0) is 25.2. The minimum absolute atomic E-state index is 0.121. The number of halogens is 1. The minimum Gasteiger partial charge on any atom is -0.496 e. The molecule has 0 atom stereocenters. The van der Waals surface area contributed by atoms with Crippen molar-refractivity contribution < 1.29 is 17.9 Å². The van der Waals surface area contributed by atoms with Crippen LogP contribution in [0.3, 0.4) is 0 Å². The van der Waals surface area contributed by atoms with Gasteiger partial charge in [-0.1, -0.05) is 29.8 Å². The number of aromatic nitrogens is 1. The number of anilines is 1. The Balaban J connectivity index is 1.79. The lowest BCUT2D eigenvalue weighted by Gasteiger charge is -2.16. The monoisotopic (exact) mass is 506 g/mol. The zero-order valence-corrected chi connectivity index (χ0v) is 20.9. The number of ether oxygens (including phenoxy) is 1. The fourth-order valence-corrected chi connectivity index (χ4v) is 4.68. The van der Waals surface area contributed by atoms with E-state index in [0.717, 1.165) is 11.8 Å². The molecule has 0 saturated carbocycles. The quantitative estimate of drug-likeness (QED) is 0.344. The molecule has 0 fully saturated rings. The normalized spacial score (nSPS) is 11.2. The number of methoxy groups -OCH3 is 1. The molecule has 8 heteroatoms. The number of nitrogens with zero attached hydrogens (tertiary/aromatic N) is 1. The van der Waals surface area contributed by atoms with Gasteiger partial charge >= 0.3 is 0 Å². The van der Waals surface area contributed by atoms with E-state index >= 15 is 0 Å². The highest BCUT2D eigenvalue weighted by Gasteiger charge is 2.20. The van der Waals surface area contributed by atoms with Gasteiger partial charge in [0.1, 0.15) is 5.75 Å². The molecule has 0 aliphatic carbocycles. The summed E-state index contributed by atoms with van der Waals surface area (Å²) in [7, 11) is -1.93. The van der Waals surface area contributed by atoms with Crippen molar-refractivity contribution >= 4 is 33.0 Å². The van der Waals surface area contributed by atoms with Gasteiger partial charge in [-0.05, 0) is 78.2 Å². The van der Waals surface area contributed by atoms with Crippen LogP contribution in [0.1, 0.15) is 15.9 Å². The van der Waals surface area contributed by atoms with Crippen LogP contribution in [0.15, 0.2) is 83.9 Å². The molecule has 0 spiro atoms. The molecule has 0 radical (unpaired) electrons. The minimum atomic E-state index is -3.49. The van der Waals surface area contributed by atoms with Crippen molar-refractivity contribution in [3.05, 3.63) is 95.1 Å². The topological polar surface area (TPSA) is 85.4 Å². The molecule has 3 aromatic carbocycles. The Kier molecular flexibility index (Phi) is 6.91. The van der Waals surface area contributed by atoms with Gasteiger partial charge in [0.05, 0.1) is 22.7 Å². The second-order valence-corrected chi connectivity index (χ2v) is 10.4. The van der Waals surface area contributed by atoms with Crippen LogP contribution >= 0.6 is 11.6 Å². The van der Waals surface area contributed by atoms with E-state index in [1.54, 1.807) is 37.6 Å². The molecule has 0 bridgehead atoms. The molecule has 178 valence electrons. The molecular weight excluding hydrogens is 484 g/mol. The maximum absolute atomic E-state index is 13.4. The fourth-order valence-electron chi connectivity index (χ4n) is 3.82. The third kappa shape index (κ3) is 5.21. The number of carbonyl (C=O) groups is 1. The number of pyridine rings is 1. The van der Waals surface area contributed by atoms with Crippen LogP contribution in [0.4, 0.5) is 5.69 Å². The van der Waals surface area contributed by atoms with Gasteiger partial charge in [-0.25, -0.2) is 8.42 Å². The third-order valence-corrected chi connectivity index (χ3v) is 7.06. The van der Waals surface area contributed by atoms with Gasteiger partial charge in [-0.15, -0.1) is 0 Å². The highest BCUT2D eigenvalue weighted by molar-refractivity contribution is 7.90. The van der Waals surface area contributed by atoms with E-state index in [2.05, 4.69) is 10.3 Å². The molecule has 0 saturated heterocycles. The molecule has 1 aromatic heterocycles. The lowest BCUT2D eigenvalue weighted by molar-refractivity contribution is 0.102. The standard InChI is InChI=1S/C27H23ClN2O4S/c1-17-20(7-6-9-26(17)34-2)22-16-19(35(3,32)33)11-12-21(22)27(31)30-18-10-13-24(28)23(15-18)25-8-4-5-14-29-25/h4-16H,1-3H3,(H,30,31). The molecule has 1 heterocycles. The average Bonchev–Trinajstić information content (AvgIpc) is 2.85. The van der Waals surface area contributed by atoms with Crippen molar-refractivity contribution in [3.8, 4) is 28.1 Å². The second-order valence-electron chi connectivity index (χ2n) is 7.98. The second kappa shape index (κ2) is 9.90. The summed E-state index contributed by atoms with van der Waals surface area (Å²) in [5.41, 5.74) is 4.19. The Bertz CT molecular complexity index is 1520. The van der Waals surface area contributed by atoms with E-state index in [4.69, 9.17) is 16.3 Å². The highest BCUT2D eigenvalue weighted by Crippen LogP contribution is 2.35. The van der Waals surface area contributed by atoms with Gasteiger partial charge in [0.15, 0.2) is 9.84 Å². The summed E-state index contributed by atoms with van der Waals surface area (Å²) in [6, 6.07) is 20.6. The first kappa shape index (κ1) is 24.4. The van der Waals surface area contributed by atoms with Crippen LogP contribution in [0, 0.1) is 6.92 Å². The molecule has 35 heavy (non-hydrogen) atoms. The molecule has 4 aromatic rings. The predicted octanol–water partition coefficient (Wildman–Crippen LogP) is 6.04. The van der Waals surface area contributed by atoms with Crippen molar-refractivity contribution in [1.82, 2.24) is 4.98 Å². The van der Waals surface area contributed by atoms with E-state index in [0.29, 0.717) is 44.4 Å². The third-order valence-electron chi connectivity index (χ3n) is 5.62. The number of hydrogen-bond donors (Lipinski definition) is 1. The Hall–Kier alpha value is -3.68. The van der Waals surface area contributed by atoms with Crippen molar-refractivity contribution in [2.24, 2.45) is 0 Å². The fraction of sp³-hybridized carbons (Fsp3) is 0.111. The number of hydrogen-bond acceptors (Lipinski definition) is 5. The Morgan fingerprint density at radius 3 is 2.43 bits per heavy atom. The molecule has 0 aliphatic rings. The SMILES string of the molecule is COc1cccc(-c2cc(S(C)(=O)=O)ccc2C(=O)Nc2ccc(Cl)c(-c3ccccn3)c2)c1C. The van der Waals surface area contributed by atoms with Crippen molar-refractivity contribution in [1.29, 1.82) is 0 Å². The summed E-state index contributed by atoms with van der Waals surface area (Å²) in [4.78, 5) is 17.9. The van der Waals surface area contributed by atoms with Crippen molar-refractivity contribution in [2.45, 2.75) is 11.8 Å². The smallest absolute Gasteiger partial charge is 0.256 e. The highest BCUT2D eigenvalue weighted by atomic mass is 35.5. The van der Waals surface area contributed by atoms with E-state index < -0.39 is 15.7 Å². The number of benzene rings is 3. The number of nitrogens with one attached hydrogen (secondary N) is 1. The van der Waals surface area contributed by atoms with Crippen molar-refractivity contribution in [2.75, 3.05) is 18.7 Å². The van der Waals surface area contributed by atoms with Gasteiger partial charge in [-0.2, -0.15) is 0 Å². The molecule has 4 rings (SSSR count). The first-order chi connectivity index (χ1) is 16.7. The number of amides is 1. The number of sulfone groups is 1. The average molecular weight is 507 g/mol.